The number of ether oxygens (including phenoxy) is 4. The van der Waals surface area contributed by atoms with E-state index in [1.165, 1.54) is 26.5 Å². The number of halogens is 2. The van der Waals surface area contributed by atoms with E-state index in [1.54, 1.807) is 18.2 Å². The molecule has 2 heterocycles. The second-order valence-corrected chi connectivity index (χ2v) is 7.61. The summed E-state index contributed by atoms with van der Waals surface area (Å²) >= 11 is 3.54. The Labute approximate surface area is 191 Å². The van der Waals surface area contributed by atoms with Gasteiger partial charge in [0.2, 0.25) is 18.3 Å². The van der Waals surface area contributed by atoms with Gasteiger partial charge in [0.05, 0.1) is 24.9 Å². The number of hydrogen-bond acceptors (Lipinski definition) is 8. The van der Waals surface area contributed by atoms with Crippen molar-refractivity contribution in [3.8, 4) is 23.0 Å². The third-order valence-electron chi connectivity index (χ3n) is 4.87. The van der Waals surface area contributed by atoms with Crippen LogP contribution in [0.5, 0.6) is 23.0 Å². The zero-order chi connectivity index (χ0) is 22.7. The topological polar surface area (TPSA) is 100.0 Å². The maximum Gasteiger partial charge on any atom is 0.289 e. The van der Waals surface area contributed by atoms with Crippen LogP contribution in [-0.2, 0) is 16.1 Å². The van der Waals surface area contributed by atoms with Crippen molar-refractivity contribution >= 4 is 33.8 Å². The Bertz CT molecular complexity index is 1110. The molecule has 0 radical (unpaired) electrons. The Kier molecular flexibility index (Phi) is 6.45. The van der Waals surface area contributed by atoms with Crippen LogP contribution in [-0.4, -0.2) is 44.9 Å². The maximum atomic E-state index is 13.6. The van der Waals surface area contributed by atoms with Crippen molar-refractivity contribution in [2.24, 2.45) is 10.3 Å². The molecule has 32 heavy (non-hydrogen) atoms. The maximum absolute atomic E-state index is 13.6. The lowest BCUT2D eigenvalue weighted by Gasteiger charge is -2.18. The first kappa shape index (κ1) is 21.9. The highest BCUT2D eigenvalue weighted by molar-refractivity contribution is 9.10. The molecule has 0 saturated heterocycles. The van der Waals surface area contributed by atoms with Gasteiger partial charge in [-0.2, -0.15) is 5.10 Å². The summed E-state index contributed by atoms with van der Waals surface area (Å²) in [5.41, 5.74) is 3.49. The van der Waals surface area contributed by atoms with Crippen LogP contribution in [0.3, 0.4) is 0 Å². The molecule has 4 rings (SSSR count). The summed E-state index contributed by atoms with van der Waals surface area (Å²) in [6.45, 7) is 0.0543. The van der Waals surface area contributed by atoms with Gasteiger partial charge in [-0.25, -0.2) is 9.82 Å². The third kappa shape index (κ3) is 4.20. The van der Waals surface area contributed by atoms with Crippen molar-refractivity contribution in [3.05, 3.63) is 45.7 Å². The van der Waals surface area contributed by atoms with Gasteiger partial charge in [-0.15, -0.1) is 0 Å². The minimum absolute atomic E-state index is 0.0543. The molecule has 168 valence electrons. The van der Waals surface area contributed by atoms with E-state index in [-0.39, 0.29) is 24.5 Å². The van der Waals surface area contributed by atoms with E-state index < -0.39 is 17.8 Å². The van der Waals surface area contributed by atoms with E-state index in [0.29, 0.717) is 33.9 Å². The molecule has 2 aliphatic rings. The van der Waals surface area contributed by atoms with Gasteiger partial charge in [-0.1, -0.05) is 23.4 Å². The summed E-state index contributed by atoms with van der Waals surface area (Å²) in [5.74, 6) is 0.896. The first-order chi connectivity index (χ1) is 15.5. The number of carbonyl (C=O) groups excluding carboxylic acids is 1. The molecule has 0 bridgehead atoms. The van der Waals surface area contributed by atoms with E-state index in [1.807, 2.05) is 0 Å². The van der Waals surface area contributed by atoms with Gasteiger partial charge in [0, 0.05) is 24.0 Å². The van der Waals surface area contributed by atoms with Gasteiger partial charge < -0.3 is 23.8 Å². The van der Waals surface area contributed by atoms with Crippen LogP contribution in [0.25, 0.3) is 0 Å². The van der Waals surface area contributed by atoms with Crippen molar-refractivity contribution in [2.45, 2.75) is 18.9 Å². The number of hydrazone groups is 1. The predicted octanol–water partition coefficient (Wildman–Crippen LogP) is 3.17. The first-order valence-corrected chi connectivity index (χ1v) is 10.3. The van der Waals surface area contributed by atoms with Gasteiger partial charge in [-0.3, -0.25) is 4.79 Å². The van der Waals surface area contributed by atoms with Crippen LogP contribution in [0.15, 0.2) is 39.0 Å². The number of fused-ring (bicyclic) bond motifs is 1. The average Bonchev–Trinajstić information content (AvgIpc) is 3.46. The Morgan fingerprint density at radius 3 is 2.72 bits per heavy atom. The van der Waals surface area contributed by atoms with Crippen molar-refractivity contribution in [1.82, 2.24) is 5.43 Å². The van der Waals surface area contributed by atoms with Gasteiger partial charge in [0.1, 0.15) is 17.6 Å². The number of amides is 1. The lowest BCUT2D eigenvalue weighted by Crippen LogP contribution is -2.27. The quantitative estimate of drug-likeness (QED) is 0.456. The Morgan fingerprint density at radius 2 is 2.00 bits per heavy atom. The van der Waals surface area contributed by atoms with Crippen LogP contribution < -0.4 is 24.4 Å². The molecule has 2 aliphatic heterocycles. The van der Waals surface area contributed by atoms with Crippen LogP contribution >= 0.6 is 15.9 Å². The van der Waals surface area contributed by atoms with Crippen molar-refractivity contribution in [3.63, 3.8) is 0 Å². The molecule has 1 atom stereocenters. The fourth-order valence-electron chi connectivity index (χ4n) is 3.37. The lowest BCUT2D eigenvalue weighted by molar-refractivity contribution is -0.114. The van der Waals surface area contributed by atoms with Gasteiger partial charge >= 0.3 is 0 Å². The predicted molar refractivity (Wildman–Crippen MR) is 116 cm³/mol. The zero-order valence-electron chi connectivity index (χ0n) is 17.2. The number of oxime groups is 1. The second-order valence-electron chi connectivity index (χ2n) is 6.82. The highest BCUT2D eigenvalue weighted by Crippen LogP contribution is 2.54. The molecule has 0 aliphatic carbocycles. The Morgan fingerprint density at radius 1 is 1.28 bits per heavy atom. The summed E-state index contributed by atoms with van der Waals surface area (Å²) < 4.78 is 36.3. The fourth-order valence-corrected chi connectivity index (χ4v) is 4.06. The summed E-state index contributed by atoms with van der Waals surface area (Å²) in [5, 5.41) is 7.65. The standard InChI is InChI=1S/C21H19BrFN3O6/c1-28-17-13(16(22)18(29-2)20-19(17)30-10-31-20)7-12-8-15(26-32-12)21(27)25-24-9-11-5-3-4-6-14(11)23/h3-6,9,12H,7-8,10H2,1-2H3,(H,25,27)/b24-9+/t12-/m0/s1. The summed E-state index contributed by atoms with van der Waals surface area (Å²) in [6.07, 6.45) is 1.40. The molecule has 0 unspecified atom stereocenters. The van der Waals surface area contributed by atoms with Gasteiger partial charge in [-0.05, 0) is 22.0 Å². The highest BCUT2D eigenvalue weighted by Gasteiger charge is 2.34. The molecule has 1 amide bonds. The molecule has 1 N–H and O–H groups in total. The minimum Gasteiger partial charge on any atom is -0.492 e. The van der Waals surface area contributed by atoms with E-state index in [0.717, 1.165) is 5.56 Å². The number of rotatable bonds is 7. The van der Waals surface area contributed by atoms with E-state index >= 15 is 0 Å². The van der Waals surface area contributed by atoms with Crippen molar-refractivity contribution < 1.29 is 33.0 Å². The average molecular weight is 508 g/mol. The molecule has 0 saturated carbocycles. The summed E-state index contributed by atoms with van der Waals surface area (Å²) in [7, 11) is 3.05. The number of benzene rings is 2. The van der Waals surface area contributed by atoms with Crippen molar-refractivity contribution in [1.29, 1.82) is 0 Å². The lowest BCUT2D eigenvalue weighted by atomic mass is 10.0. The largest absolute Gasteiger partial charge is 0.492 e. The Hall–Kier alpha value is -3.34. The molecule has 0 fully saturated rings. The first-order valence-electron chi connectivity index (χ1n) is 9.56. The summed E-state index contributed by atoms with van der Waals surface area (Å²) in [6, 6.07) is 6.09. The summed E-state index contributed by atoms with van der Waals surface area (Å²) in [4.78, 5) is 17.8. The van der Waals surface area contributed by atoms with Gasteiger partial charge in [0.25, 0.3) is 5.91 Å². The van der Waals surface area contributed by atoms with Crippen LogP contribution in [0, 0.1) is 5.82 Å². The SMILES string of the molecule is COc1c(Br)c(C[C@H]2CC(C(=O)N/N=C/c3ccccc3F)=NO2)c(OC)c2c1OCO2. The van der Waals surface area contributed by atoms with Crippen molar-refractivity contribution in [2.75, 3.05) is 21.0 Å². The number of hydrogen-bond donors (Lipinski definition) is 1. The smallest absolute Gasteiger partial charge is 0.289 e. The highest BCUT2D eigenvalue weighted by atomic mass is 79.9. The molecule has 11 heteroatoms. The van der Waals surface area contributed by atoms with E-state index in [2.05, 4.69) is 31.6 Å². The number of methoxy groups -OCH3 is 2. The molecule has 2 aromatic rings. The molecular weight excluding hydrogens is 489 g/mol. The van der Waals surface area contributed by atoms with Crippen LogP contribution in [0.1, 0.15) is 17.5 Å². The zero-order valence-corrected chi connectivity index (χ0v) is 18.8. The molecule has 9 nitrogen and oxygen atoms in total. The Balaban J connectivity index is 1.43. The molecule has 0 spiro atoms. The molecule has 0 aromatic heterocycles. The van der Waals surface area contributed by atoms with Crippen LogP contribution in [0.4, 0.5) is 4.39 Å². The minimum atomic E-state index is -0.533. The van der Waals surface area contributed by atoms with Crippen LogP contribution in [0.2, 0.25) is 0 Å². The number of nitrogens with zero attached hydrogens (tertiary/aromatic N) is 2. The normalized spacial score (nSPS) is 16.6. The van der Waals surface area contributed by atoms with E-state index in [4.69, 9.17) is 23.8 Å². The molecular formula is C21H19BrFN3O6. The molecule has 2 aromatic carbocycles. The number of carbonyl (C=O) groups is 1. The monoisotopic (exact) mass is 507 g/mol. The number of nitrogens with one attached hydrogen (secondary N) is 1. The fraction of sp³-hybridized carbons (Fsp3) is 0.286. The van der Waals surface area contributed by atoms with Gasteiger partial charge in [0.15, 0.2) is 11.5 Å². The second kappa shape index (κ2) is 9.43. The van der Waals surface area contributed by atoms with E-state index in [9.17, 15) is 9.18 Å². The third-order valence-corrected chi connectivity index (χ3v) is 5.71.